The van der Waals surface area contributed by atoms with Crippen LogP contribution in [0.4, 0.5) is 11.6 Å². The van der Waals surface area contributed by atoms with Crippen molar-refractivity contribution in [2.24, 2.45) is 0 Å². The van der Waals surface area contributed by atoms with Crippen molar-refractivity contribution in [3.8, 4) is 11.5 Å². The number of amides is 1. The van der Waals surface area contributed by atoms with Gasteiger partial charge in [-0.15, -0.1) is 0 Å². The third-order valence-corrected chi connectivity index (χ3v) is 4.81. The number of allylic oxidation sites excluding steroid dienone is 1. The van der Waals surface area contributed by atoms with E-state index in [-0.39, 0.29) is 5.91 Å². The summed E-state index contributed by atoms with van der Waals surface area (Å²) in [5.74, 6) is 1.49. The van der Waals surface area contributed by atoms with Crippen molar-refractivity contribution in [2.45, 2.75) is 13.0 Å². The number of rotatable bonds is 5. The van der Waals surface area contributed by atoms with Gasteiger partial charge in [0.25, 0.3) is 5.91 Å². The normalized spacial score (nSPS) is 15.3. The topological polar surface area (TPSA) is 90.3 Å². The predicted octanol–water partition coefficient (Wildman–Crippen LogP) is 3.22. The summed E-state index contributed by atoms with van der Waals surface area (Å²) in [6, 6.07) is 14.6. The van der Waals surface area contributed by atoms with Crippen molar-refractivity contribution in [3.63, 3.8) is 0 Å². The van der Waals surface area contributed by atoms with E-state index >= 15 is 0 Å². The van der Waals surface area contributed by atoms with Crippen molar-refractivity contribution in [1.82, 2.24) is 14.8 Å². The molecule has 2 aromatic carbocycles. The first-order chi connectivity index (χ1) is 14.1. The molecule has 1 aliphatic rings. The molecular formula is C21H21N5O3. The first-order valence-electron chi connectivity index (χ1n) is 9.08. The van der Waals surface area contributed by atoms with Gasteiger partial charge in [-0.25, -0.2) is 4.68 Å². The van der Waals surface area contributed by atoms with Crippen LogP contribution in [0.2, 0.25) is 0 Å². The van der Waals surface area contributed by atoms with E-state index < -0.39 is 6.04 Å². The molecular weight excluding hydrogens is 370 g/mol. The van der Waals surface area contributed by atoms with Crippen LogP contribution >= 0.6 is 0 Å². The number of fused-ring (bicyclic) bond motifs is 1. The molecule has 8 heteroatoms. The largest absolute Gasteiger partial charge is 0.497 e. The predicted molar refractivity (Wildman–Crippen MR) is 109 cm³/mol. The van der Waals surface area contributed by atoms with Crippen LogP contribution in [-0.2, 0) is 4.79 Å². The van der Waals surface area contributed by atoms with Crippen LogP contribution in [-0.4, -0.2) is 34.9 Å². The first kappa shape index (κ1) is 18.5. The zero-order valence-electron chi connectivity index (χ0n) is 16.3. The van der Waals surface area contributed by atoms with E-state index in [9.17, 15) is 4.79 Å². The zero-order chi connectivity index (χ0) is 20.4. The van der Waals surface area contributed by atoms with Gasteiger partial charge >= 0.3 is 0 Å². The van der Waals surface area contributed by atoms with Gasteiger partial charge in [0.2, 0.25) is 5.95 Å². The molecule has 1 aliphatic heterocycles. The van der Waals surface area contributed by atoms with E-state index in [2.05, 4.69) is 20.7 Å². The molecule has 0 unspecified atom stereocenters. The Kier molecular flexibility index (Phi) is 4.90. The van der Waals surface area contributed by atoms with Crippen LogP contribution in [0.15, 0.2) is 66.1 Å². The minimum Gasteiger partial charge on any atom is -0.497 e. The molecule has 0 fully saturated rings. The number of nitrogens with one attached hydrogen (secondary N) is 2. The molecule has 3 aromatic rings. The number of hydrogen-bond donors (Lipinski definition) is 2. The molecule has 1 atom stereocenters. The van der Waals surface area contributed by atoms with Gasteiger partial charge in [0.05, 0.1) is 25.5 Å². The van der Waals surface area contributed by atoms with E-state index in [0.29, 0.717) is 34.4 Å². The lowest BCUT2D eigenvalue weighted by molar-refractivity contribution is -0.113. The van der Waals surface area contributed by atoms with Crippen molar-refractivity contribution < 1.29 is 14.3 Å². The molecule has 0 spiro atoms. The zero-order valence-corrected chi connectivity index (χ0v) is 16.3. The van der Waals surface area contributed by atoms with Crippen LogP contribution in [0.5, 0.6) is 11.5 Å². The molecule has 8 nitrogen and oxygen atoms in total. The number of aromatic nitrogens is 3. The Balaban J connectivity index is 1.73. The molecule has 148 valence electrons. The van der Waals surface area contributed by atoms with E-state index in [0.717, 1.165) is 5.56 Å². The van der Waals surface area contributed by atoms with E-state index in [1.807, 2.05) is 37.3 Å². The Morgan fingerprint density at radius 1 is 1.14 bits per heavy atom. The van der Waals surface area contributed by atoms with E-state index in [1.165, 1.54) is 6.33 Å². The van der Waals surface area contributed by atoms with Crippen LogP contribution in [0.3, 0.4) is 0 Å². The first-order valence-corrected chi connectivity index (χ1v) is 9.08. The summed E-state index contributed by atoms with van der Waals surface area (Å²) in [6.07, 6.45) is 1.47. The SMILES string of the molecule is COc1ccc(NC(=O)C2=C(C)Nc3ncnn3[C@H]2c2ccccc2)c(OC)c1. The molecule has 0 radical (unpaired) electrons. The summed E-state index contributed by atoms with van der Waals surface area (Å²) < 4.78 is 12.3. The molecule has 0 aliphatic carbocycles. The lowest BCUT2D eigenvalue weighted by Crippen LogP contribution is -2.31. The van der Waals surface area contributed by atoms with Crippen molar-refractivity contribution in [3.05, 3.63) is 71.7 Å². The Morgan fingerprint density at radius 3 is 2.66 bits per heavy atom. The lowest BCUT2D eigenvalue weighted by Gasteiger charge is -2.28. The van der Waals surface area contributed by atoms with Crippen LogP contribution in [0, 0.1) is 0 Å². The molecule has 0 bridgehead atoms. The highest BCUT2D eigenvalue weighted by molar-refractivity contribution is 6.06. The Bertz CT molecular complexity index is 1070. The summed E-state index contributed by atoms with van der Waals surface area (Å²) in [7, 11) is 3.13. The maximum Gasteiger partial charge on any atom is 0.255 e. The Labute approximate surface area is 168 Å². The fraction of sp³-hybridized carbons (Fsp3) is 0.190. The second-order valence-corrected chi connectivity index (χ2v) is 6.53. The lowest BCUT2D eigenvalue weighted by atomic mass is 9.95. The molecule has 2 N–H and O–H groups in total. The highest BCUT2D eigenvalue weighted by Gasteiger charge is 2.33. The number of carbonyl (C=O) groups excluding carboxylic acids is 1. The number of carbonyl (C=O) groups is 1. The molecule has 29 heavy (non-hydrogen) atoms. The van der Waals surface area contributed by atoms with Gasteiger partial charge in [-0.2, -0.15) is 10.1 Å². The van der Waals surface area contributed by atoms with Crippen LogP contribution in [0.25, 0.3) is 0 Å². The molecule has 4 rings (SSSR count). The summed E-state index contributed by atoms with van der Waals surface area (Å²) in [6.45, 7) is 1.86. The molecule has 1 amide bonds. The van der Waals surface area contributed by atoms with Gasteiger partial charge in [0.15, 0.2) is 0 Å². The van der Waals surface area contributed by atoms with Gasteiger partial charge in [-0.05, 0) is 24.6 Å². The number of anilines is 2. The third-order valence-electron chi connectivity index (χ3n) is 4.81. The Hall–Kier alpha value is -3.81. The van der Waals surface area contributed by atoms with E-state index in [1.54, 1.807) is 37.1 Å². The van der Waals surface area contributed by atoms with E-state index in [4.69, 9.17) is 9.47 Å². The van der Waals surface area contributed by atoms with Crippen molar-refractivity contribution >= 4 is 17.5 Å². The number of nitrogens with zero attached hydrogens (tertiary/aromatic N) is 3. The maximum atomic E-state index is 13.4. The molecule has 1 aromatic heterocycles. The summed E-state index contributed by atoms with van der Waals surface area (Å²) >= 11 is 0. The molecule has 0 saturated carbocycles. The average molecular weight is 391 g/mol. The molecule has 2 heterocycles. The summed E-state index contributed by atoms with van der Waals surface area (Å²) in [5, 5.41) is 10.4. The Morgan fingerprint density at radius 2 is 1.93 bits per heavy atom. The summed E-state index contributed by atoms with van der Waals surface area (Å²) in [5.41, 5.74) is 2.75. The van der Waals surface area contributed by atoms with Crippen molar-refractivity contribution in [1.29, 1.82) is 0 Å². The smallest absolute Gasteiger partial charge is 0.255 e. The third kappa shape index (κ3) is 3.40. The number of hydrogen-bond acceptors (Lipinski definition) is 6. The van der Waals surface area contributed by atoms with Gasteiger partial charge < -0.3 is 20.1 Å². The van der Waals surface area contributed by atoms with Gasteiger partial charge in [0.1, 0.15) is 23.9 Å². The fourth-order valence-electron chi connectivity index (χ4n) is 3.42. The maximum absolute atomic E-state index is 13.4. The van der Waals surface area contributed by atoms with Crippen molar-refractivity contribution in [2.75, 3.05) is 24.9 Å². The second kappa shape index (κ2) is 7.67. The van der Waals surface area contributed by atoms with Crippen LogP contribution < -0.4 is 20.1 Å². The minimum atomic E-state index is -0.404. The van der Waals surface area contributed by atoms with Gasteiger partial charge in [-0.1, -0.05) is 30.3 Å². The number of benzene rings is 2. The molecule has 0 saturated heterocycles. The minimum absolute atomic E-state index is 0.256. The fourth-order valence-corrected chi connectivity index (χ4v) is 3.42. The highest BCUT2D eigenvalue weighted by atomic mass is 16.5. The quantitative estimate of drug-likeness (QED) is 0.694. The second-order valence-electron chi connectivity index (χ2n) is 6.53. The monoisotopic (exact) mass is 391 g/mol. The van der Waals surface area contributed by atoms with Gasteiger partial charge in [-0.3, -0.25) is 4.79 Å². The van der Waals surface area contributed by atoms with Gasteiger partial charge in [0, 0.05) is 11.8 Å². The average Bonchev–Trinajstić information content (AvgIpc) is 3.21. The van der Waals surface area contributed by atoms with Crippen LogP contribution in [0.1, 0.15) is 18.5 Å². The number of ether oxygens (including phenoxy) is 2. The standard InChI is InChI=1S/C21H21N5O3/c1-13-18(20(27)25-16-10-9-15(28-2)11-17(16)29-3)19(14-7-5-4-6-8-14)26-21(24-13)22-12-23-26/h4-12,19H,1-3H3,(H,25,27)(H,22,23,24)/t19-/m0/s1. The highest BCUT2D eigenvalue weighted by Crippen LogP contribution is 2.36. The summed E-state index contributed by atoms with van der Waals surface area (Å²) in [4.78, 5) is 17.6. The number of methoxy groups -OCH3 is 2.